The van der Waals surface area contributed by atoms with Crippen molar-refractivity contribution in [3.8, 4) is 11.5 Å². The van der Waals surface area contributed by atoms with E-state index in [9.17, 15) is 10.2 Å². The van der Waals surface area contributed by atoms with E-state index in [0.717, 1.165) is 0 Å². The molecule has 1 rings (SSSR count). The van der Waals surface area contributed by atoms with Gasteiger partial charge in [0.05, 0.1) is 0 Å². The van der Waals surface area contributed by atoms with E-state index in [1.807, 2.05) is 0 Å². The van der Waals surface area contributed by atoms with E-state index >= 15 is 0 Å². The molecule has 0 aliphatic rings. The van der Waals surface area contributed by atoms with Crippen LogP contribution >= 0.6 is 0 Å². The molecule has 0 unspecified atom stereocenters. The standard InChI is InChI=1S/C7H8O2.2Li/c1-5-4-6(8)2-3-7(5)9;;/h2-4,8-9H,1H3;;/q;2*+1/p-2. The minimum atomic E-state index is -0.105. The third-order valence-electron chi connectivity index (χ3n) is 1.15. The Morgan fingerprint density at radius 1 is 1.09 bits per heavy atom. The van der Waals surface area contributed by atoms with Crippen LogP contribution in [-0.2, 0) is 0 Å². The van der Waals surface area contributed by atoms with Gasteiger partial charge < -0.3 is 10.2 Å². The van der Waals surface area contributed by atoms with Gasteiger partial charge in [-0.05, 0) is 6.92 Å². The van der Waals surface area contributed by atoms with Gasteiger partial charge in [-0.2, -0.15) is 0 Å². The van der Waals surface area contributed by atoms with Gasteiger partial charge in [-0.3, -0.25) is 0 Å². The second kappa shape index (κ2) is 5.64. The summed E-state index contributed by atoms with van der Waals surface area (Å²) in [5, 5.41) is 21.1. The maximum absolute atomic E-state index is 10.6. The monoisotopic (exact) mass is 136 g/mol. The van der Waals surface area contributed by atoms with Crippen LogP contribution in [0.15, 0.2) is 18.2 Å². The maximum Gasteiger partial charge on any atom is 1.00 e. The second-order valence-corrected chi connectivity index (χ2v) is 1.93. The first kappa shape index (κ1) is 13.6. The molecule has 0 saturated carbocycles. The zero-order valence-electron chi connectivity index (χ0n) is 7.05. The van der Waals surface area contributed by atoms with Gasteiger partial charge in [0.25, 0.3) is 0 Å². The van der Waals surface area contributed by atoms with Crippen LogP contribution in [0.3, 0.4) is 0 Å². The van der Waals surface area contributed by atoms with Crippen LogP contribution < -0.4 is 47.9 Å². The minimum Gasteiger partial charge on any atom is -0.872 e. The summed E-state index contributed by atoms with van der Waals surface area (Å²) in [6, 6.07) is 3.90. The van der Waals surface area contributed by atoms with Crippen LogP contribution in [0.4, 0.5) is 0 Å². The predicted octanol–water partition coefficient (Wildman–Crippen LogP) is -5.85. The second-order valence-electron chi connectivity index (χ2n) is 1.93. The van der Waals surface area contributed by atoms with Gasteiger partial charge in [-0.15, -0.1) is 11.5 Å². The zero-order chi connectivity index (χ0) is 6.85. The van der Waals surface area contributed by atoms with Crippen LogP contribution in [0.2, 0.25) is 0 Å². The summed E-state index contributed by atoms with van der Waals surface area (Å²) >= 11 is 0. The van der Waals surface area contributed by atoms with Crippen molar-refractivity contribution in [3.63, 3.8) is 0 Å². The van der Waals surface area contributed by atoms with Crippen LogP contribution in [0.1, 0.15) is 5.56 Å². The van der Waals surface area contributed by atoms with E-state index in [2.05, 4.69) is 0 Å². The van der Waals surface area contributed by atoms with Gasteiger partial charge in [0.15, 0.2) is 0 Å². The Morgan fingerprint density at radius 3 is 2.00 bits per heavy atom. The maximum atomic E-state index is 10.6. The Kier molecular flexibility index (Phi) is 6.97. The molecule has 0 N–H and O–H groups in total. The van der Waals surface area contributed by atoms with Gasteiger partial charge in [0.1, 0.15) is 0 Å². The van der Waals surface area contributed by atoms with Crippen molar-refractivity contribution < 1.29 is 47.9 Å². The van der Waals surface area contributed by atoms with E-state index in [1.165, 1.54) is 18.2 Å². The molecule has 1 aromatic carbocycles. The summed E-state index contributed by atoms with van der Waals surface area (Å²) in [6.45, 7) is 1.63. The smallest absolute Gasteiger partial charge is 0.872 e. The molecule has 11 heavy (non-hydrogen) atoms. The number of hydrogen-bond acceptors (Lipinski definition) is 2. The molecule has 0 heterocycles. The van der Waals surface area contributed by atoms with Gasteiger partial charge >= 0.3 is 37.7 Å². The van der Waals surface area contributed by atoms with Crippen LogP contribution in [0.25, 0.3) is 0 Å². The van der Waals surface area contributed by atoms with Crippen molar-refractivity contribution in [3.05, 3.63) is 23.8 Å². The SMILES string of the molecule is Cc1cc([O-])ccc1[O-].[Li+].[Li+]. The van der Waals surface area contributed by atoms with Crippen molar-refractivity contribution in [2.75, 3.05) is 0 Å². The fourth-order valence-corrected chi connectivity index (χ4v) is 0.622. The summed E-state index contributed by atoms with van der Waals surface area (Å²) in [7, 11) is 0. The van der Waals surface area contributed by atoms with E-state index in [1.54, 1.807) is 6.92 Å². The molecule has 0 atom stereocenters. The molecular formula is C7H6Li2O2. The minimum absolute atomic E-state index is 0. The summed E-state index contributed by atoms with van der Waals surface area (Å²) < 4.78 is 0. The fourth-order valence-electron chi connectivity index (χ4n) is 0.622. The summed E-state index contributed by atoms with van der Waals surface area (Å²) in [6.07, 6.45) is 0. The van der Waals surface area contributed by atoms with Crippen molar-refractivity contribution in [1.29, 1.82) is 0 Å². The molecule has 0 bridgehead atoms. The first-order valence-electron chi connectivity index (χ1n) is 2.65. The van der Waals surface area contributed by atoms with Crippen LogP contribution in [0, 0.1) is 6.92 Å². The Labute approximate surface area is 90.0 Å². The van der Waals surface area contributed by atoms with Crippen molar-refractivity contribution >= 4 is 0 Å². The Bertz CT molecular complexity index is 226. The van der Waals surface area contributed by atoms with Gasteiger partial charge in [-0.25, -0.2) is 0 Å². The quantitative estimate of drug-likeness (QED) is 0.333. The van der Waals surface area contributed by atoms with Gasteiger partial charge in [-0.1, -0.05) is 23.8 Å². The van der Waals surface area contributed by atoms with Crippen LogP contribution in [0.5, 0.6) is 11.5 Å². The van der Waals surface area contributed by atoms with E-state index in [0.29, 0.717) is 5.56 Å². The molecule has 0 aromatic heterocycles. The normalized spacial score (nSPS) is 7.73. The van der Waals surface area contributed by atoms with Gasteiger partial charge in [0, 0.05) is 0 Å². The Morgan fingerprint density at radius 2 is 1.64 bits per heavy atom. The molecule has 0 fully saturated rings. The molecular weight excluding hydrogens is 130 g/mol. The van der Waals surface area contributed by atoms with E-state index < -0.39 is 0 Å². The molecule has 1 aromatic rings. The summed E-state index contributed by atoms with van der Waals surface area (Å²) in [5.41, 5.74) is 0.516. The first-order chi connectivity index (χ1) is 4.20. The third-order valence-corrected chi connectivity index (χ3v) is 1.15. The third kappa shape index (κ3) is 3.80. The molecule has 0 aliphatic carbocycles. The number of aryl methyl sites for hydroxylation is 1. The van der Waals surface area contributed by atoms with Gasteiger partial charge in [0.2, 0.25) is 0 Å². The molecule has 48 valence electrons. The molecule has 4 heteroatoms. The first-order valence-corrected chi connectivity index (χ1v) is 2.65. The topological polar surface area (TPSA) is 46.1 Å². The number of benzene rings is 1. The Balaban J connectivity index is 0. The molecule has 0 amide bonds. The zero-order valence-corrected chi connectivity index (χ0v) is 7.05. The van der Waals surface area contributed by atoms with Crippen molar-refractivity contribution in [2.45, 2.75) is 6.92 Å². The Hall–Kier alpha value is 0.0148. The van der Waals surface area contributed by atoms with Crippen LogP contribution in [-0.4, -0.2) is 0 Å². The predicted molar refractivity (Wildman–Crippen MR) is 30.1 cm³/mol. The van der Waals surface area contributed by atoms with Crippen molar-refractivity contribution in [2.24, 2.45) is 0 Å². The van der Waals surface area contributed by atoms with E-state index in [-0.39, 0.29) is 49.2 Å². The summed E-state index contributed by atoms with van der Waals surface area (Å²) in [4.78, 5) is 0. The number of rotatable bonds is 0. The molecule has 0 aliphatic heterocycles. The average Bonchev–Trinajstić information content (AvgIpc) is 1.80. The fraction of sp³-hybridized carbons (Fsp3) is 0.143. The average molecular weight is 136 g/mol. The number of hydrogen-bond donors (Lipinski definition) is 0. The van der Waals surface area contributed by atoms with Crippen molar-refractivity contribution in [1.82, 2.24) is 0 Å². The molecule has 0 spiro atoms. The largest absolute Gasteiger partial charge is 1.00 e. The molecule has 0 radical (unpaired) electrons. The van der Waals surface area contributed by atoms with E-state index in [4.69, 9.17) is 0 Å². The summed E-state index contributed by atoms with van der Waals surface area (Å²) in [5.74, 6) is -0.179. The molecule has 0 saturated heterocycles. The molecule has 2 nitrogen and oxygen atoms in total.